The molecule has 0 aromatic heterocycles. The summed E-state index contributed by atoms with van der Waals surface area (Å²) in [6.45, 7) is 1.57. The highest BCUT2D eigenvalue weighted by molar-refractivity contribution is 5.82. The number of carbonyl (C=O) groups is 1. The van der Waals surface area contributed by atoms with Gasteiger partial charge in [-0.1, -0.05) is 37.5 Å². The van der Waals surface area contributed by atoms with E-state index in [9.17, 15) is 9.18 Å². The van der Waals surface area contributed by atoms with E-state index in [0.29, 0.717) is 5.91 Å². The first-order chi connectivity index (χ1) is 13.7. The van der Waals surface area contributed by atoms with E-state index in [0.717, 1.165) is 50.3 Å². The van der Waals surface area contributed by atoms with Crippen LogP contribution in [0.25, 0.3) is 0 Å². The van der Waals surface area contributed by atoms with E-state index in [2.05, 4.69) is 15.6 Å². The fourth-order valence-electron chi connectivity index (χ4n) is 4.70. The first-order valence-electron chi connectivity index (χ1n) is 10.7. The summed E-state index contributed by atoms with van der Waals surface area (Å²) in [5.41, 5.74) is 0.778. The maximum absolute atomic E-state index is 14.0. The lowest BCUT2D eigenvalue weighted by Gasteiger charge is -2.26. The van der Waals surface area contributed by atoms with E-state index in [1.807, 2.05) is 17.0 Å². The molecule has 28 heavy (non-hydrogen) atoms. The molecule has 1 aromatic rings. The molecule has 2 saturated carbocycles. The average molecular weight is 387 g/mol. The third kappa shape index (κ3) is 4.31. The van der Waals surface area contributed by atoms with Crippen LogP contribution in [0.2, 0.25) is 0 Å². The summed E-state index contributed by atoms with van der Waals surface area (Å²) in [7, 11) is 1.76. The van der Waals surface area contributed by atoms with Gasteiger partial charge < -0.3 is 15.5 Å². The Hall–Kier alpha value is -2.11. The average Bonchev–Trinajstić information content (AvgIpc) is 3.33. The van der Waals surface area contributed by atoms with E-state index < -0.39 is 0 Å². The van der Waals surface area contributed by atoms with Crippen LogP contribution < -0.4 is 10.6 Å². The molecule has 3 atom stereocenters. The Balaban J connectivity index is 1.26. The highest BCUT2D eigenvalue weighted by Gasteiger charge is 2.41. The highest BCUT2D eigenvalue weighted by atomic mass is 19.1. The zero-order chi connectivity index (χ0) is 19.5. The minimum absolute atomic E-state index is 0.132. The second kappa shape index (κ2) is 8.50. The summed E-state index contributed by atoms with van der Waals surface area (Å²) < 4.78 is 14.0. The number of likely N-dealkylation sites (tertiary alicyclic amines) is 1. The molecule has 1 amide bonds. The molecular weight excluding hydrogens is 355 g/mol. The van der Waals surface area contributed by atoms with Gasteiger partial charge in [-0.05, 0) is 37.3 Å². The Bertz CT molecular complexity index is 731. The molecule has 1 aliphatic heterocycles. The van der Waals surface area contributed by atoms with Crippen molar-refractivity contribution in [2.45, 2.75) is 62.9 Å². The molecule has 0 radical (unpaired) electrons. The van der Waals surface area contributed by atoms with Crippen LogP contribution in [0.1, 0.15) is 56.4 Å². The number of nitrogens with zero attached hydrogens (tertiary/aromatic N) is 2. The molecule has 3 unspecified atom stereocenters. The molecule has 3 fully saturated rings. The number of hydrogen-bond acceptors (Lipinski definition) is 2. The molecule has 2 N–H and O–H groups in total. The Kier molecular flexibility index (Phi) is 5.83. The number of amides is 1. The van der Waals surface area contributed by atoms with Gasteiger partial charge in [-0.15, -0.1) is 0 Å². The van der Waals surface area contributed by atoms with Gasteiger partial charge in [-0.2, -0.15) is 0 Å². The third-order valence-corrected chi connectivity index (χ3v) is 6.44. The van der Waals surface area contributed by atoms with Gasteiger partial charge in [-0.25, -0.2) is 4.39 Å². The van der Waals surface area contributed by atoms with Crippen LogP contribution in [0.5, 0.6) is 0 Å². The van der Waals surface area contributed by atoms with Crippen LogP contribution in [0.3, 0.4) is 0 Å². The lowest BCUT2D eigenvalue weighted by molar-refractivity contribution is -0.135. The van der Waals surface area contributed by atoms with Crippen molar-refractivity contribution in [3.05, 3.63) is 35.6 Å². The monoisotopic (exact) mass is 386 g/mol. The Morgan fingerprint density at radius 3 is 2.68 bits per heavy atom. The third-order valence-electron chi connectivity index (χ3n) is 6.44. The largest absolute Gasteiger partial charge is 0.353 e. The summed E-state index contributed by atoms with van der Waals surface area (Å²) >= 11 is 0. The lowest BCUT2D eigenvalue weighted by atomic mass is 9.88. The van der Waals surface area contributed by atoms with E-state index in [-0.39, 0.29) is 29.7 Å². The van der Waals surface area contributed by atoms with Gasteiger partial charge in [0.15, 0.2) is 5.96 Å². The first kappa shape index (κ1) is 19.2. The molecule has 1 heterocycles. The summed E-state index contributed by atoms with van der Waals surface area (Å²) in [5, 5.41) is 6.88. The van der Waals surface area contributed by atoms with Gasteiger partial charge in [0.1, 0.15) is 5.82 Å². The fraction of sp³-hybridized carbons (Fsp3) is 0.636. The highest BCUT2D eigenvalue weighted by Crippen LogP contribution is 2.41. The van der Waals surface area contributed by atoms with Gasteiger partial charge >= 0.3 is 0 Å². The molecule has 2 aliphatic carbocycles. The fourth-order valence-corrected chi connectivity index (χ4v) is 4.70. The SMILES string of the molecule is CN=C(NC1CCN(C(=O)C2CCCCC2)C1)NC1CC1c1ccccc1F. The molecule has 3 aliphatic rings. The van der Waals surface area contributed by atoms with Crippen LogP contribution in [-0.2, 0) is 4.79 Å². The van der Waals surface area contributed by atoms with Crippen molar-refractivity contribution in [2.75, 3.05) is 20.1 Å². The molecule has 1 aromatic carbocycles. The smallest absolute Gasteiger partial charge is 0.225 e. The van der Waals surface area contributed by atoms with E-state index >= 15 is 0 Å². The zero-order valence-electron chi connectivity index (χ0n) is 16.7. The van der Waals surface area contributed by atoms with Crippen LogP contribution >= 0.6 is 0 Å². The predicted octanol–water partition coefficient (Wildman–Crippen LogP) is 3.03. The van der Waals surface area contributed by atoms with E-state index in [1.54, 1.807) is 13.1 Å². The molecule has 5 nitrogen and oxygen atoms in total. The summed E-state index contributed by atoms with van der Waals surface area (Å²) in [6, 6.07) is 7.44. The van der Waals surface area contributed by atoms with Crippen molar-refractivity contribution in [1.82, 2.24) is 15.5 Å². The van der Waals surface area contributed by atoms with Crippen molar-refractivity contribution in [3.63, 3.8) is 0 Å². The van der Waals surface area contributed by atoms with Gasteiger partial charge in [0.25, 0.3) is 0 Å². The summed E-state index contributed by atoms with van der Waals surface area (Å²) in [4.78, 5) is 19.1. The number of benzene rings is 1. The van der Waals surface area contributed by atoms with Crippen molar-refractivity contribution < 1.29 is 9.18 Å². The predicted molar refractivity (Wildman–Crippen MR) is 109 cm³/mol. The topological polar surface area (TPSA) is 56.7 Å². The number of guanidine groups is 1. The number of rotatable bonds is 4. The Labute approximate surface area is 166 Å². The van der Waals surface area contributed by atoms with E-state index in [4.69, 9.17) is 0 Å². The van der Waals surface area contributed by atoms with Gasteiger partial charge in [0.05, 0.1) is 0 Å². The Morgan fingerprint density at radius 2 is 1.93 bits per heavy atom. The standard InChI is InChI=1S/C22H31FN4O/c1-24-22(26-20-13-18(20)17-9-5-6-10-19(17)23)25-16-11-12-27(14-16)21(28)15-7-3-2-4-8-15/h5-6,9-10,15-16,18,20H,2-4,7-8,11-14H2,1H3,(H2,24,25,26). The zero-order valence-corrected chi connectivity index (χ0v) is 16.7. The molecule has 4 rings (SSSR count). The molecule has 1 saturated heterocycles. The maximum atomic E-state index is 14.0. The van der Waals surface area contributed by atoms with Crippen molar-refractivity contribution in [2.24, 2.45) is 10.9 Å². The van der Waals surface area contributed by atoms with Crippen LogP contribution in [-0.4, -0.2) is 49.0 Å². The number of hydrogen-bond donors (Lipinski definition) is 2. The molecule has 0 bridgehead atoms. The van der Waals surface area contributed by atoms with Gasteiger partial charge in [-0.3, -0.25) is 9.79 Å². The summed E-state index contributed by atoms with van der Waals surface area (Å²) in [6.07, 6.45) is 7.61. The molecular formula is C22H31FN4O. The summed E-state index contributed by atoms with van der Waals surface area (Å²) in [5.74, 6) is 1.40. The second-order valence-electron chi connectivity index (χ2n) is 8.44. The lowest BCUT2D eigenvalue weighted by Crippen LogP contribution is -2.46. The second-order valence-corrected chi connectivity index (χ2v) is 8.44. The minimum Gasteiger partial charge on any atom is -0.353 e. The maximum Gasteiger partial charge on any atom is 0.225 e. The number of halogens is 1. The first-order valence-corrected chi connectivity index (χ1v) is 10.7. The van der Waals surface area contributed by atoms with Gasteiger partial charge in [0.2, 0.25) is 5.91 Å². The van der Waals surface area contributed by atoms with Crippen LogP contribution in [0.15, 0.2) is 29.3 Å². The van der Waals surface area contributed by atoms with Crippen LogP contribution in [0, 0.1) is 11.7 Å². The number of carbonyl (C=O) groups excluding carboxylic acids is 1. The van der Waals surface area contributed by atoms with Crippen molar-refractivity contribution in [3.8, 4) is 0 Å². The quantitative estimate of drug-likeness (QED) is 0.618. The van der Waals surface area contributed by atoms with Crippen molar-refractivity contribution >= 4 is 11.9 Å². The van der Waals surface area contributed by atoms with Gasteiger partial charge in [0, 0.05) is 44.1 Å². The van der Waals surface area contributed by atoms with E-state index in [1.165, 1.54) is 25.3 Å². The van der Waals surface area contributed by atoms with Crippen LogP contribution in [0.4, 0.5) is 4.39 Å². The molecule has 6 heteroatoms. The minimum atomic E-state index is -0.132. The number of nitrogens with one attached hydrogen (secondary N) is 2. The normalized spacial score (nSPS) is 28.3. The van der Waals surface area contributed by atoms with Crippen molar-refractivity contribution in [1.29, 1.82) is 0 Å². The Morgan fingerprint density at radius 1 is 1.14 bits per heavy atom. The number of aliphatic imine (C=N–C) groups is 1. The molecule has 0 spiro atoms. The molecule has 152 valence electrons.